The summed E-state index contributed by atoms with van der Waals surface area (Å²) in [6, 6.07) is 0. The smallest absolute Gasteiger partial charge is 0.237 e. The third kappa shape index (κ3) is 1.05. The van der Waals surface area contributed by atoms with Crippen LogP contribution in [0.2, 0.25) is 0 Å². The van der Waals surface area contributed by atoms with Gasteiger partial charge in [0, 0.05) is 5.10 Å². The zero-order chi connectivity index (χ0) is 5.82. The first-order valence-corrected chi connectivity index (χ1v) is 2.81. The number of hydrogen-bond donors (Lipinski definition) is 1. The van der Waals surface area contributed by atoms with Gasteiger partial charge in [0.25, 0.3) is 6.33 Å². The Morgan fingerprint density at radius 2 is 2.62 bits per heavy atom. The molecule has 1 rings (SSSR count). The topological polar surface area (TPSA) is 32.6 Å². The third-order valence-electron chi connectivity index (χ3n) is 0.986. The van der Waals surface area contributed by atoms with E-state index in [2.05, 4.69) is 17.1 Å². The summed E-state index contributed by atoms with van der Waals surface area (Å²) in [5, 5.41) is 6.51. The van der Waals surface area contributed by atoms with E-state index in [0.717, 1.165) is 13.0 Å². The molecule has 0 aromatic carbocycles. The minimum atomic E-state index is 1.05. The maximum absolute atomic E-state index is 3.78. The van der Waals surface area contributed by atoms with Crippen molar-refractivity contribution in [1.82, 2.24) is 10.2 Å². The molecule has 1 heterocycles. The molecule has 0 spiro atoms. The van der Waals surface area contributed by atoms with Crippen molar-refractivity contribution in [2.75, 3.05) is 0 Å². The predicted molar refractivity (Wildman–Crippen MR) is 29.1 cm³/mol. The van der Waals surface area contributed by atoms with Gasteiger partial charge in [-0.2, -0.15) is 0 Å². The van der Waals surface area contributed by atoms with Crippen LogP contribution in [-0.4, -0.2) is 10.2 Å². The van der Waals surface area contributed by atoms with Gasteiger partial charge in [0.15, 0.2) is 0 Å². The highest BCUT2D eigenvalue weighted by Gasteiger charge is 1.91. The van der Waals surface area contributed by atoms with Crippen molar-refractivity contribution in [3.63, 3.8) is 0 Å². The van der Waals surface area contributed by atoms with E-state index in [-0.39, 0.29) is 0 Å². The average Bonchev–Trinajstić information content (AvgIpc) is 2.19. The summed E-state index contributed by atoms with van der Waals surface area (Å²) in [5.74, 6) is 0. The minimum Gasteiger partial charge on any atom is -0.237 e. The van der Waals surface area contributed by atoms with Crippen molar-refractivity contribution in [3.8, 4) is 0 Å². The molecule has 1 aromatic heterocycles. The largest absolute Gasteiger partial charge is 0.264 e. The first kappa shape index (κ1) is 5.28. The summed E-state index contributed by atoms with van der Waals surface area (Å²) < 4.78 is 2.01. The second kappa shape index (κ2) is 2.45. The molecule has 0 aliphatic carbocycles. The molecule has 8 heavy (non-hydrogen) atoms. The Hall–Kier alpha value is -0.860. The lowest BCUT2D eigenvalue weighted by Crippen LogP contribution is -2.29. The summed E-state index contributed by atoms with van der Waals surface area (Å²) in [4.78, 5) is 0. The highest BCUT2D eigenvalue weighted by Crippen LogP contribution is 1.71. The Kier molecular flexibility index (Phi) is 1.62. The Balaban J connectivity index is 2.50. The van der Waals surface area contributed by atoms with E-state index in [4.69, 9.17) is 0 Å². The number of aryl methyl sites for hydroxylation is 1. The molecule has 44 valence electrons. The fraction of sp³-hybridized carbons (Fsp3) is 0.600. The van der Waals surface area contributed by atoms with E-state index in [1.165, 1.54) is 0 Å². The fourth-order valence-electron chi connectivity index (χ4n) is 0.629. The van der Waals surface area contributed by atoms with E-state index in [0.29, 0.717) is 0 Å². The molecular formula is C5H10N3+. The van der Waals surface area contributed by atoms with Crippen LogP contribution in [0.1, 0.15) is 13.3 Å². The molecule has 0 saturated heterocycles. The molecule has 1 N–H and O–H groups in total. The van der Waals surface area contributed by atoms with Gasteiger partial charge < -0.3 is 0 Å². The van der Waals surface area contributed by atoms with Crippen LogP contribution in [0, 0.1) is 0 Å². The Morgan fingerprint density at radius 1 is 1.75 bits per heavy atom. The molecule has 0 aliphatic rings. The molecule has 3 heteroatoms. The predicted octanol–water partition coefficient (Wildman–Crippen LogP) is 0.107. The molecule has 0 radical (unpaired) electrons. The highest BCUT2D eigenvalue weighted by atomic mass is 15.2. The third-order valence-corrected chi connectivity index (χ3v) is 0.986. The van der Waals surface area contributed by atoms with E-state index in [1.807, 2.05) is 10.9 Å². The van der Waals surface area contributed by atoms with Crippen molar-refractivity contribution in [2.45, 2.75) is 19.9 Å². The zero-order valence-electron chi connectivity index (χ0n) is 4.96. The quantitative estimate of drug-likeness (QED) is 0.541. The lowest BCUT2D eigenvalue weighted by atomic mass is 10.5. The van der Waals surface area contributed by atoms with Gasteiger partial charge in [0.1, 0.15) is 0 Å². The summed E-state index contributed by atoms with van der Waals surface area (Å²) in [5.41, 5.74) is 0. The van der Waals surface area contributed by atoms with Crippen LogP contribution < -0.4 is 4.57 Å². The average molecular weight is 112 g/mol. The fourth-order valence-corrected chi connectivity index (χ4v) is 0.629. The van der Waals surface area contributed by atoms with Gasteiger partial charge in [-0.15, -0.1) is 5.10 Å². The Labute approximate surface area is 48.4 Å². The SMILES string of the molecule is CCC[n+]1cn[nH]c1. The van der Waals surface area contributed by atoms with Gasteiger partial charge in [-0.3, -0.25) is 0 Å². The molecule has 0 bridgehead atoms. The summed E-state index contributed by atoms with van der Waals surface area (Å²) >= 11 is 0. The summed E-state index contributed by atoms with van der Waals surface area (Å²) in [6.45, 7) is 3.19. The first-order valence-electron chi connectivity index (χ1n) is 2.81. The van der Waals surface area contributed by atoms with Crippen LogP contribution in [0.4, 0.5) is 0 Å². The van der Waals surface area contributed by atoms with E-state index >= 15 is 0 Å². The summed E-state index contributed by atoms with van der Waals surface area (Å²) in [7, 11) is 0. The molecule has 0 atom stereocenters. The number of aromatic nitrogens is 3. The van der Waals surface area contributed by atoms with Crippen LogP contribution in [0.3, 0.4) is 0 Å². The van der Waals surface area contributed by atoms with Crippen LogP contribution in [0.25, 0.3) is 0 Å². The van der Waals surface area contributed by atoms with Gasteiger partial charge in [-0.25, -0.2) is 4.57 Å². The molecule has 1 aromatic rings. The number of nitrogens with one attached hydrogen (secondary N) is 1. The lowest BCUT2D eigenvalue weighted by Gasteiger charge is -1.85. The van der Waals surface area contributed by atoms with Crippen molar-refractivity contribution in [3.05, 3.63) is 12.7 Å². The first-order chi connectivity index (χ1) is 3.93. The van der Waals surface area contributed by atoms with Gasteiger partial charge >= 0.3 is 0 Å². The van der Waals surface area contributed by atoms with Crippen molar-refractivity contribution >= 4 is 0 Å². The van der Waals surface area contributed by atoms with Crippen molar-refractivity contribution in [2.24, 2.45) is 0 Å². The molecule has 0 aliphatic heterocycles. The van der Waals surface area contributed by atoms with E-state index < -0.39 is 0 Å². The van der Waals surface area contributed by atoms with Crippen LogP contribution in [-0.2, 0) is 6.54 Å². The molecular weight excluding hydrogens is 102 g/mol. The van der Waals surface area contributed by atoms with Crippen LogP contribution in [0.15, 0.2) is 12.7 Å². The molecule has 3 nitrogen and oxygen atoms in total. The second-order valence-electron chi connectivity index (χ2n) is 1.74. The maximum atomic E-state index is 3.78. The van der Waals surface area contributed by atoms with Gasteiger partial charge in [-0.05, 0) is 6.42 Å². The molecule has 0 amide bonds. The van der Waals surface area contributed by atoms with Gasteiger partial charge in [-0.1, -0.05) is 6.92 Å². The Morgan fingerprint density at radius 3 is 3.12 bits per heavy atom. The second-order valence-corrected chi connectivity index (χ2v) is 1.74. The number of rotatable bonds is 2. The molecule has 0 fully saturated rings. The van der Waals surface area contributed by atoms with Crippen LogP contribution >= 0.6 is 0 Å². The van der Waals surface area contributed by atoms with Gasteiger partial charge in [0.2, 0.25) is 6.33 Å². The summed E-state index contributed by atoms with van der Waals surface area (Å²) in [6.07, 6.45) is 4.79. The molecule has 0 unspecified atom stereocenters. The van der Waals surface area contributed by atoms with Gasteiger partial charge in [0.05, 0.1) is 6.54 Å². The maximum Gasteiger partial charge on any atom is 0.264 e. The standard InChI is InChI=1S/C5H9N3/c1-2-3-8-4-6-7-5-8/h4-5H,2-3H2,1H3/p+1. The Bertz CT molecular complexity index is 133. The number of nitrogens with zero attached hydrogens (tertiary/aromatic N) is 2. The number of aromatic amines is 1. The normalized spacial score (nSPS) is 9.62. The lowest BCUT2D eigenvalue weighted by molar-refractivity contribution is -0.697. The number of hydrogen-bond acceptors (Lipinski definition) is 1. The van der Waals surface area contributed by atoms with E-state index in [1.54, 1.807) is 6.33 Å². The minimum absolute atomic E-state index is 1.05. The zero-order valence-corrected chi connectivity index (χ0v) is 4.96. The van der Waals surface area contributed by atoms with Crippen LogP contribution in [0.5, 0.6) is 0 Å². The van der Waals surface area contributed by atoms with Crippen molar-refractivity contribution in [1.29, 1.82) is 0 Å². The number of H-pyrrole nitrogens is 1. The van der Waals surface area contributed by atoms with E-state index in [9.17, 15) is 0 Å². The highest BCUT2D eigenvalue weighted by molar-refractivity contribution is 4.29. The van der Waals surface area contributed by atoms with Crippen molar-refractivity contribution < 1.29 is 4.57 Å². The molecule has 0 saturated carbocycles. The monoisotopic (exact) mass is 112 g/mol.